The summed E-state index contributed by atoms with van der Waals surface area (Å²) in [7, 11) is 0. The van der Waals surface area contributed by atoms with Crippen LogP contribution in [0, 0.1) is 0 Å². The molecule has 0 fully saturated rings. The molecule has 1 aromatic rings. The molecule has 0 bridgehead atoms. The first-order chi connectivity index (χ1) is 8.65. The van der Waals surface area contributed by atoms with Gasteiger partial charge in [-0.3, -0.25) is 0 Å². The van der Waals surface area contributed by atoms with Gasteiger partial charge in [0.15, 0.2) is 0 Å². The van der Waals surface area contributed by atoms with Crippen LogP contribution in [0.1, 0.15) is 26.2 Å². The number of halogens is 2. The molecule has 0 spiro atoms. The summed E-state index contributed by atoms with van der Waals surface area (Å²) in [4.78, 5) is 4.08. The molecule has 102 valence electrons. The number of nitrogens with two attached hydrogens (primary N) is 1. The molecular weight excluding hydrogens is 273 g/mol. The predicted molar refractivity (Wildman–Crippen MR) is 77.5 cm³/mol. The summed E-state index contributed by atoms with van der Waals surface area (Å²) in [5.41, 5.74) is 5.61. The maximum absolute atomic E-state index is 5.99. The molecule has 1 aromatic heterocycles. The minimum Gasteiger partial charge on any atom is -0.382 e. The van der Waals surface area contributed by atoms with Crippen LogP contribution in [0.2, 0.25) is 10.0 Å². The summed E-state index contributed by atoms with van der Waals surface area (Å²) in [6.45, 7) is 4.43. The van der Waals surface area contributed by atoms with Crippen molar-refractivity contribution in [3.8, 4) is 0 Å². The van der Waals surface area contributed by atoms with E-state index in [1.54, 1.807) is 6.07 Å². The summed E-state index contributed by atoms with van der Waals surface area (Å²) in [5, 5.41) is 3.95. The van der Waals surface area contributed by atoms with Gasteiger partial charge in [-0.1, -0.05) is 36.5 Å². The van der Waals surface area contributed by atoms with Crippen molar-refractivity contribution in [3.63, 3.8) is 0 Å². The maximum Gasteiger partial charge on any atom is 0.147 e. The average Bonchev–Trinajstić information content (AvgIpc) is 2.34. The van der Waals surface area contributed by atoms with Gasteiger partial charge in [0.05, 0.1) is 10.0 Å². The molecule has 0 saturated heterocycles. The number of anilines is 2. The van der Waals surface area contributed by atoms with Gasteiger partial charge in [0.1, 0.15) is 11.6 Å². The summed E-state index contributed by atoms with van der Waals surface area (Å²) in [6.07, 6.45) is 3.15. The van der Waals surface area contributed by atoms with Crippen LogP contribution in [0.5, 0.6) is 0 Å². The zero-order valence-corrected chi connectivity index (χ0v) is 12.0. The number of hydrogen-bond acceptors (Lipinski definition) is 4. The van der Waals surface area contributed by atoms with E-state index in [0.717, 1.165) is 39.0 Å². The molecule has 0 unspecified atom stereocenters. The maximum atomic E-state index is 5.99. The van der Waals surface area contributed by atoms with Crippen molar-refractivity contribution in [2.24, 2.45) is 0 Å². The van der Waals surface area contributed by atoms with E-state index in [4.69, 9.17) is 33.7 Å². The van der Waals surface area contributed by atoms with Crippen LogP contribution in [-0.4, -0.2) is 24.7 Å². The Balaban J connectivity index is 2.25. The fraction of sp³-hybridized carbons (Fsp3) is 0.583. The second-order valence-corrected chi connectivity index (χ2v) is 4.75. The lowest BCUT2D eigenvalue weighted by Crippen LogP contribution is -2.08. The standard InChI is InChI=1S/C12H19Cl2N3O/c1-2-3-6-18-7-4-5-16-12-10(14)8-9(13)11(15)17-12/h8H,2-7H2,1H3,(H3,15,16,17). The third-order valence-corrected chi connectivity index (χ3v) is 2.95. The summed E-state index contributed by atoms with van der Waals surface area (Å²) >= 11 is 11.8. The number of ether oxygens (including phenoxy) is 1. The Labute approximate surface area is 118 Å². The van der Waals surface area contributed by atoms with Crippen molar-refractivity contribution in [1.29, 1.82) is 0 Å². The number of nitrogens with zero attached hydrogens (tertiary/aromatic N) is 1. The molecule has 0 aromatic carbocycles. The number of rotatable bonds is 8. The van der Waals surface area contributed by atoms with E-state index in [-0.39, 0.29) is 5.82 Å². The topological polar surface area (TPSA) is 60.2 Å². The average molecular weight is 292 g/mol. The third-order valence-electron chi connectivity index (χ3n) is 2.36. The van der Waals surface area contributed by atoms with E-state index >= 15 is 0 Å². The highest BCUT2D eigenvalue weighted by atomic mass is 35.5. The number of aromatic nitrogens is 1. The lowest BCUT2D eigenvalue weighted by molar-refractivity contribution is 0.131. The Bertz CT molecular complexity index is 375. The molecule has 0 radical (unpaired) electrons. The smallest absolute Gasteiger partial charge is 0.147 e. The van der Waals surface area contributed by atoms with Crippen LogP contribution >= 0.6 is 23.2 Å². The first-order valence-corrected chi connectivity index (χ1v) is 6.84. The van der Waals surface area contributed by atoms with Gasteiger partial charge in [0, 0.05) is 19.8 Å². The molecule has 6 heteroatoms. The van der Waals surface area contributed by atoms with Crippen LogP contribution in [0.15, 0.2) is 6.07 Å². The van der Waals surface area contributed by atoms with E-state index in [1.807, 2.05) is 0 Å². The molecule has 3 N–H and O–H groups in total. The number of unbranched alkanes of at least 4 members (excludes halogenated alkanes) is 1. The van der Waals surface area contributed by atoms with E-state index in [9.17, 15) is 0 Å². The van der Waals surface area contributed by atoms with Crippen molar-refractivity contribution in [2.75, 3.05) is 30.8 Å². The predicted octanol–water partition coefficient (Wildman–Crippen LogP) is 3.59. The number of nitrogen functional groups attached to an aromatic ring is 1. The Morgan fingerprint density at radius 3 is 2.72 bits per heavy atom. The quantitative estimate of drug-likeness (QED) is 0.719. The van der Waals surface area contributed by atoms with Gasteiger partial charge in [-0.05, 0) is 18.9 Å². The van der Waals surface area contributed by atoms with Gasteiger partial charge in [0.25, 0.3) is 0 Å². The molecule has 0 aliphatic rings. The molecule has 0 atom stereocenters. The molecule has 0 saturated carbocycles. The molecule has 0 amide bonds. The Hall–Kier alpha value is -0.710. The monoisotopic (exact) mass is 291 g/mol. The Morgan fingerprint density at radius 2 is 2.00 bits per heavy atom. The second-order valence-electron chi connectivity index (χ2n) is 3.93. The highest BCUT2D eigenvalue weighted by Gasteiger charge is 2.06. The number of nitrogens with one attached hydrogen (secondary N) is 1. The van der Waals surface area contributed by atoms with Crippen molar-refractivity contribution < 1.29 is 4.74 Å². The normalized spacial score (nSPS) is 10.6. The molecule has 0 aliphatic heterocycles. The highest BCUT2D eigenvalue weighted by Crippen LogP contribution is 2.27. The minimum atomic E-state index is 0.280. The first-order valence-electron chi connectivity index (χ1n) is 6.08. The molecular formula is C12H19Cl2N3O. The van der Waals surface area contributed by atoms with Crippen LogP contribution in [0.4, 0.5) is 11.6 Å². The van der Waals surface area contributed by atoms with Gasteiger partial charge >= 0.3 is 0 Å². The summed E-state index contributed by atoms with van der Waals surface area (Å²) < 4.78 is 5.45. The van der Waals surface area contributed by atoms with Crippen LogP contribution in [0.25, 0.3) is 0 Å². The van der Waals surface area contributed by atoms with Crippen molar-refractivity contribution >= 4 is 34.8 Å². The third kappa shape index (κ3) is 5.29. The lowest BCUT2D eigenvalue weighted by Gasteiger charge is -2.09. The zero-order chi connectivity index (χ0) is 13.4. The summed E-state index contributed by atoms with van der Waals surface area (Å²) in [6, 6.07) is 1.59. The van der Waals surface area contributed by atoms with Crippen molar-refractivity contribution in [3.05, 3.63) is 16.1 Å². The molecule has 1 heterocycles. The summed E-state index contributed by atoms with van der Waals surface area (Å²) in [5.74, 6) is 0.842. The number of hydrogen-bond donors (Lipinski definition) is 2. The Morgan fingerprint density at radius 1 is 1.28 bits per heavy atom. The molecule has 4 nitrogen and oxygen atoms in total. The highest BCUT2D eigenvalue weighted by molar-refractivity contribution is 6.37. The van der Waals surface area contributed by atoms with Gasteiger partial charge in [-0.2, -0.15) is 0 Å². The Kier molecular flexibility index (Phi) is 7.16. The molecule has 1 rings (SSSR count). The SMILES string of the molecule is CCCCOCCCNc1nc(N)c(Cl)cc1Cl. The van der Waals surface area contributed by atoms with Crippen LogP contribution in [-0.2, 0) is 4.74 Å². The van der Waals surface area contributed by atoms with Crippen LogP contribution < -0.4 is 11.1 Å². The van der Waals surface area contributed by atoms with Crippen molar-refractivity contribution in [2.45, 2.75) is 26.2 Å². The first kappa shape index (κ1) is 15.3. The molecule has 0 aliphatic carbocycles. The minimum absolute atomic E-state index is 0.280. The fourth-order valence-corrected chi connectivity index (χ4v) is 1.76. The van der Waals surface area contributed by atoms with Gasteiger partial charge in [0.2, 0.25) is 0 Å². The lowest BCUT2D eigenvalue weighted by atomic mass is 10.3. The fourth-order valence-electron chi connectivity index (χ4n) is 1.33. The van der Waals surface area contributed by atoms with Gasteiger partial charge < -0.3 is 15.8 Å². The van der Waals surface area contributed by atoms with E-state index in [2.05, 4.69) is 17.2 Å². The van der Waals surface area contributed by atoms with Gasteiger partial charge in [-0.25, -0.2) is 4.98 Å². The number of pyridine rings is 1. The van der Waals surface area contributed by atoms with Gasteiger partial charge in [-0.15, -0.1) is 0 Å². The van der Waals surface area contributed by atoms with E-state index < -0.39 is 0 Å². The van der Waals surface area contributed by atoms with Crippen molar-refractivity contribution in [1.82, 2.24) is 4.98 Å². The van der Waals surface area contributed by atoms with E-state index in [1.165, 1.54) is 0 Å². The molecule has 18 heavy (non-hydrogen) atoms. The van der Waals surface area contributed by atoms with E-state index in [0.29, 0.717) is 15.9 Å². The van der Waals surface area contributed by atoms with Crippen LogP contribution in [0.3, 0.4) is 0 Å². The largest absolute Gasteiger partial charge is 0.382 e. The second kappa shape index (κ2) is 8.40. The zero-order valence-electron chi connectivity index (χ0n) is 10.5.